The summed E-state index contributed by atoms with van der Waals surface area (Å²) in [6.07, 6.45) is 3.82. The van der Waals surface area contributed by atoms with Gasteiger partial charge in [0.05, 0.1) is 36.1 Å². The number of hydrogen-bond acceptors (Lipinski definition) is 7. The number of para-hydroxylation sites is 1. The zero-order valence-electron chi connectivity index (χ0n) is 19.9. The van der Waals surface area contributed by atoms with Crippen LogP contribution in [0.1, 0.15) is 61.3 Å². The summed E-state index contributed by atoms with van der Waals surface area (Å²) in [6, 6.07) is 9.66. The number of aryl methyl sites for hydroxylation is 1. The highest BCUT2D eigenvalue weighted by atomic mass is 16.6. The van der Waals surface area contributed by atoms with Crippen LogP contribution in [0, 0.1) is 0 Å². The lowest BCUT2D eigenvalue weighted by Gasteiger charge is -2.31. The van der Waals surface area contributed by atoms with Crippen LogP contribution in [0.2, 0.25) is 0 Å². The molecule has 0 bridgehead atoms. The molecule has 2 aromatic heterocycles. The van der Waals surface area contributed by atoms with Crippen LogP contribution in [0.25, 0.3) is 22.3 Å². The van der Waals surface area contributed by atoms with Crippen molar-refractivity contribution in [2.24, 2.45) is 0 Å². The van der Waals surface area contributed by atoms with E-state index in [0.29, 0.717) is 35.5 Å². The molecule has 8 nitrogen and oxygen atoms in total. The highest BCUT2D eigenvalue weighted by molar-refractivity contribution is 5.89. The van der Waals surface area contributed by atoms with Crippen molar-refractivity contribution < 1.29 is 24.2 Å². The van der Waals surface area contributed by atoms with Gasteiger partial charge in [-0.1, -0.05) is 31.5 Å². The number of ether oxygens (including phenoxy) is 2. The average Bonchev–Trinajstić information content (AvgIpc) is 3.24. The number of carbonyl (C=O) groups excluding carboxylic acids is 2. The molecule has 0 aliphatic carbocycles. The molecule has 1 unspecified atom stereocenters. The Kier molecular flexibility index (Phi) is 5.92. The van der Waals surface area contributed by atoms with Crippen LogP contribution in [0.3, 0.4) is 0 Å². The lowest BCUT2D eigenvalue weighted by atomic mass is 9.86. The van der Waals surface area contributed by atoms with Crippen molar-refractivity contribution in [2.75, 3.05) is 7.11 Å². The van der Waals surface area contributed by atoms with E-state index in [0.717, 1.165) is 47.7 Å². The fourth-order valence-corrected chi connectivity index (χ4v) is 5.25. The summed E-state index contributed by atoms with van der Waals surface area (Å²) in [5.74, 6) is -0.928. The number of fused-ring (bicyclic) bond motifs is 5. The number of aliphatic hydroxyl groups is 1. The fraction of sp³-hybridized carbons (Fsp3) is 0.407. The molecule has 2 aliphatic heterocycles. The second-order valence-corrected chi connectivity index (χ2v) is 9.17. The Balaban J connectivity index is 1.58. The summed E-state index contributed by atoms with van der Waals surface area (Å²) in [5, 5.41) is 12.1. The van der Waals surface area contributed by atoms with E-state index >= 15 is 0 Å². The van der Waals surface area contributed by atoms with E-state index in [2.05, 4.69) is 0 Å². The van der Waals surface area contributed by atoms with Crippen LogP contribution >= 0.6 is 0 Å². The van der Waals surface area contributed by atoms with E-state index in [9.17, 15) is 19.5 Å². The Hall–Kier alpha value is -3.52. The number of aromatic nitrogens is 2. The molecule has 0 amide bonds. The van der Waals surface area contributed by atoms with Crippen molar-refractivity contribution >= 4 is 22.8 Å². The molecule has 8 heteroatoms. The van der Waals surface area contributed by atoms with Gasteiger partial charge in [-0.15, -0.1) is 0 Å². The third-order valence-corrected chi connectivity index (χ3v) is 7.25. The molecule has 0 spiro atoms. The Bertz CT molecular complexity index is 1410. The monoisotopic (exact) mass is 476 g/mol. The van der Waals surface area contributed by atoms with Gasteiger partial charge in [0, 0.05) is 22.9 Å². The molecule has 1 atom stereocenters. The number of rotatable bonds is 7. The number of hydrogen-bond donors (Lipinski definition) is 1. The topological polar surface area (TPSA) is 108 Å². The fourth-order valence-electron chi connectivity index (χ4n) is 5.25. The third-order valence-electron chi connectivity index (χ3n) is 7.25. The van der Waals surface area contributed by atoms with E-state index in [1.165, 1.54) is 7.11 Å². The van der Waals surface area contributed by atoms with Gasteiger partial charge in [-0.2, -0.15) is 0 Å². The molecule has 4 heterocycles. The molecule has 5 rings (SSSR count). The van der Waals surface area contributed by atoms with Gasteiger partial charge in [0.2, 0.25) is 0 Å². The highest BCUT2D eigenvalue weighted by Crippen LogP contribution is 2.40. The second-order valence-electron chi connectivity index (χ2n) is 9.17. The van der Waals surface area contributed by atoms with Crippen molar-refractivity contribution in [2.45, 2.75) is 64.2 Å². The molecule has 1 aromatic carbocycles. The Labute approximate surface area is 202 Å². The first-order valence-electron chi connectivity index (χ1n) is 12.0. The molecule has 2 aliphatic rings. The van der Waals surface area contributed by atoms with Crippen LogP contribution in [0.4, 0.5) is 0 Å². The molecule has 3 aromatic rings. The Morgan fingerprint density at radius 2 is 2.00 bits per heavy atom. The van der Waals surface area contributed by atoms with E-state index in [1.807, 2.05) is 24.3 Å². The third kappa shape index (κ3) is 3.72. The quantitative estimate of drug-likeness (QED) is 0.322. The number of esters is 2. The number of unbranched alkanes of at least 4 members (excludes halogenated alkanes) is 2. The van der Waals surface area contributed by atoms with E-state index in [1.54, 1.807) is 17.6 Å². The van der Waals surface area contributed by atoms with Crippen molar-refractivity contribution in [3.05, 3.63) is 62.9 Å². The van der Waals surface area contributed by atoms with Gasteiger partial charge in [-0.05, 0) is 43.4 Å². The molecule has 0 saturated heterocycles. The molecule has 35 heavy (non-hydrogen) atoms. The molecular formula is C27H28N2O6. The van der Waals surface area contributed by atoms with E-state index in [-0.39, 0.29) is 24.6 Å². The molecule has 0 fully saturated rings. The first-order valence-corrected chi connectivity index (χ1v) is 12.0. The summed E-state index contributed by atoms with van der Waals surface area (Å²) in [6.45, 7) is 1.93. The first-order chi connectivity index (χ1) is 16.9. The summed E-state index contributed by atoms with van der Waals surface area (Å²) < 4.78 is 11.6. The van der Waals surface area contributed by atoms with Crippen LogP contribution in [-0.4, -0.2) is 33.7 Å². The summed E-state index contributed by atoms with van der Waals surface area (Å²) in [7, 11) is 1.40. The minimum Gasteiger partial charge on any atom is -0.469 e. The van der Waals surface area contributed by atoms with Crippen molar-refractivity contribution in [3.63, 3.8) is 0 Å². The van der Waals surface area contributed by atoms with Gasteiger partial charge in [0.1, 0.15) is 6.61 Å². The molecule has 182 valence electrons. The van der Waals surface area contributed by atoms with E-state index in [4.69, 9.17) is 14.5 Å². The van der Waals surface area contributed by atoms with Crippen LogP contribution < -0.4 is 5.56 Å². The van der Waals surface area contributed by atoms with Crippen LogP contribution in [0.15, 0.2) is 35.1 Å². The van der Waals surface area contributed by atoms with Crippen LogP contribution in [0.5, 0.6) is 0 Å². The number of cyclic esters (lactones) is 1. The maximum absolute atomic E-state index is 13.5. The molecule has 0 radical (unpaired) electrons. The molecule has 0 saturated carbocycles. The lowest BCUT2D eigenvalue weighted by molar-refractivity contribution is -0.172. The average molecular weight is 477 g/mol. The standard InChI is InChI=1S/C27H28N2O6/c1-3-27(33)20-13-22-24-18(14-29(22)25(31)19(20)15-35-26(27)32)16(9-5-4-6-12-23(30)34-2)17-10-7-8-11-21(17)28-24/h7-8,10-11,13,33H,3-6,9,12,14-15H2,1-2H3. The zero-order chi connectivity index (χ0) is 24.7. The minimum atomic E-state index is -1.84. The summed E-state index contributed by atoms with van der Waals surface area (Å²) in [4.78, 5) is 42.2. The SMILES string of the molecule is CCC1(O)C(=O)OCc2c1cc1n(c2=O)Cc2c-1nc1ccccc1c2CCCCCC(=O)OC. The van der Waals surface area contributed by atoms with Crippen molar-refractivity contribution in [3.8, 4) is 11.4 Å². The second kappa shape index (κ2) is 8.92. The smallest absolute Gasteiger partial charge is 0.343 e. The van der Waals surface area contributed by atoms with Gasteiger partial charge >= 0.3 is 11.9 Å². The Morgan fingerprint density at radius 1 is 1.20 bits per heavy atom. The first kappa shape index (κ1) is 23.2. The highest BCUT2D eigenvalue weighted by Gasteiger charge is 2.45. The largest absolute Gasteiger partial charge is 0.469 e. The summed E-state index contributed by atoms with van der Waals surface area (Å²) in [5.41, 5.74) is 2.83. The molecule has 1 N–H and O–H groups in total. The minimum absolute atomic E-state index is 0.108. The normalized spacial score (nSPS) is 18.1. The zero-order valence-corrected chi connectivity index (χ0v) is 19.9. The number of methoxy groups -OCH3 is 1. The lowest BCUT2D eigenvalue weighted by Crippen LogP contribution is -2.44. The Morgan fingerprint density at radius 3 is 2.77 bits per heavy atom. The van der Waals surface area contributed by atoms with Crippen molar-refractivity contribution in [1.82, 2.24) is 9.55 Å². The van der Waals surface area contributed by atoms with Crippen molar-refractivity contribution in [1.29, 1.82) is 0 Å². The number of benzene rings is 1. The van der Waals surface area contributed by atoms with Gasteiger partial charge < -0.3 is 19.1 Å². The van der Waals surface area contributed by atoms with Crippen LogP contribution in [-0.2, 0) is 44.2 Å². The number of pyridine rings is 2. The predicted octanol–water partition coefficient (Wildman–Crippen LogP) is 3.36. The summed E-state index contributed by atoms with van der Waals surface area (Å²) >= 11 is 0. The van der Waals surface area contributed by atoms with E-state index < -0.39 is 11.6 Å². The van der Waals surface area contributed by atoms with Gasteiger partial charge in [0.25, 0.3) is 5.56 Å². The number of nitrogens with zero attached hydrogens (tertiary/aromatic N) is 2. The van der Waals surface area contributed by atoms with Gasteiger partial charge in [0.15, 0.2) is 5.60 Å². The maximum Gasteiger partial charge on any atom is 0.343 e. The maximum atomic E-state index is 13.5. The van der Waals surface area contributed by atoms with Gasteiger partial charge in [-0.25, -0.2) is 9.78 Å². The number of carbonyl (C=O) groups is 2. The predicted molar refractivity (Wildman–Crippen MR) is 129 cm³/mol. The molecular weight excluding hydrogens is 448 g/mol. The van der Waals surface area contributed by atoms with Gasteiger partial charge in [-0.3, -0.25) is 9.59 Å².